The molecule has 0 spiro atoms. The summed E-state index contributed by atoms with van der Waals surface area (Å²) in [6, 6.07) is 3.75. The lowest BCUT2D eigenvalue weighted by atomic mass is 10.2. The van der Waals surface area contributed by atoms with Gasteiger partial charge in [-0.2, -0.15) is 5.10 Å². The van der Waals surface area contributed by atoms with E-state index in [9.17, 15) is 0 Å². The largest absolute Gasteiger partial charge is 0.409 e. The lowest BCUT2D eigenvalue weighted by molar-refractivity contribution is 0.317. The lowest BCUT2D eigenvalue weighted by Gasteiger charge is -2.24. The lowest BCUT2D eigenvalue weighted by Crippen LogP contribution is -2.32. The average Bonchev–Trinajstić information content (AvgIpc) is 2.34. The Bertz CT molecular complexity index is 352. The second kappa shape index (κ2) is 6.67. The van der Waals surface area contributed by atoms with Crippen LogP contribution in [-0.2, 0) is 0 Å². The van der Waals surface area contributed by atoms with Crippen LogP contribution in [0.4, 0.5) is 5.82 Å². The molecule has 3 N–H and O–H groups in total. The summed E-state index contributed by atoms with van der Waals surface area (Å²) < 4.78 is 0. The molecule has 0 amide bonds. The molecule has 0 atom stereocenters. The number of nitrogens with two attached hydrogens (primary N) is 1. The van der Waals surface area contributed by atoms with E-state index in [0.717, 1.165) is 12.4 Å². The molecule has 1 aromatic heterocycles. The van der Waals surface area contributed by atoms with Gasteiger partial charge in [0.05, 0.1) is 0 Å². The van der Waals surface area contributed by atoms with Crippen molar-refractivity contribution >= 4 is 11.7 Å². The monoisotopic (exact) mass is 237 g/mol. The summed E-state index contributed by atoms with van der Waals surface area (Å²) in [4.78, 5) is 2.08. The van der Waals surface area contributed by atoms with Crippen LogP contribution in [0, 0.1) is 5.92 Å². The fourth-order valence-corrected chi connectivity index (χ4v) is 1.50. The number of rotatable bonds is 6. The zero-order valence-corrected chi connectivity index (χ0v) is 10.2. The number of anilines is 1. The SMILES string of the molecule is CC(C)CN(CCC(N)=NO)c1cccnn1. The first-order valence-electron chi connectivity index (χ1n) is 5.62. The molecule has 0 saturated heterocycles. The van der Waals surface area contributed by atoms with E-state index in [2.05, 4.69) is 34.1 Å². The van der Waals surface area contributed by atoms with E-state index in [0.29, 0.717) is 18.9 Å². The second-order valence-electron chi connectivity index (χ2n) is 4.26. The van der Waals surface area contributed by atoms with E-state index in [-0.39, 0.29) is 5.84 Å². The van der Waals surface area contributed by atoms with Gasteiger partial charge in [0.25, 0.3) is 0 Å². The van der Waals surface area contributed by atoms with E-state index >= 15 is 0 Å². The van der Waals surface area contributed by atoms with Gasteiger partial charge in [0.1, 0.15) is 5.84 Å². The molecule has 0 aliphatic heterocycles. The third-order valence-corrected chi connectivity index (χ3v) is 2.23. The molecule has 1 aromatic rings. The summed E-state index contributed by atoms with van der Waals surface area (Å²) in [5, 5.41) is 19.4. The van der Waals surface area contributed by atoms with Gasteiger partial charge in [-0.25, -0.2) is 0 Å². The molecule has 0 aromatic carbocycles. The van der Waals surface area contributed by atoms with Crippen molar-refractivity contribution < 1.29 is 5.21 Å². The van der Waals surface area contributed by atoms with E-state index in [1.807, 2.05) is 12.1 Å². The molecule has 0 aliphatic rings. The zero-order chi connectivity index (χ0) is 12.7. The summed E-state index contributed by atoms with van der Waals surface area (Å²) in [6.07, 6.45) is 2.14. The molecule has 0 bridgehead atoms. The van der Waals surface area contributed by atoms with Crippen molar-refractivity contribution in [2.75, 3.05) is 18.0 Å². The number of oxime groups is 1. The van der Waals surface area contributed by atoms with Crippen molar-refractivity contribution in [3.8, 4) is 0 Å². The van der Waals surface area contributed by atoms with Gasteiger partial charge in [-0.15, -0.1) is 5.10 Å². The van der Waals surface area contributed by atoms with E-state index in [1.165, 1.54) is 0 Å². The van der Waals surface area contributed by atoms with Crippen LogP contribution < -0.4 is 10.6 Å². The van der Waals surface area contributed by atoms with Gasteiger partial charge < -0.3 is 15.8 Å². The van der Waals surface area contributed by atoms with Gasteiger partial charge in [-0.05, 0) is 18.1 Å². The zero-order valence-electron chi connectivity index (χ0n) is 10.2. The Morgan fingerprint density at radius 3 is 2.88 bits per heavy atom. The highest BCUT2D eigenvalue weighted by molar-refractivity contribution is 5.80. The van der Waals surface area contributed by atoms with Crippen molar-refractivity contribution in [1.82, 2.24) is 10.2 Å². The Hall–Kier alpha value is -1.85. The molecule has 17 heavy (non-hydrogen) atoms. The third-order valence-electron chi connectivity index (χ3n) is 2.23. The Morgan fingerprint density at radius 1 is 1.59 bits per heavy atom. The van der Waals surface area contributed by atoms with Crippen molar-refractivity contribution in [2.24, 2.45) is 16.8 Å². The second-order valence-corrected chi connectivity index (χ2v) is 4.26. The molecule has 0 aliphatic carbocycles. The van der Waals surface area contributed by atoms with Crippen molar-refractivity contribution in [3.63, 3.8) is 0 Å². The van der Waals surface area contributed by atoms with E-state index < -0.39 is 0 Å². The van der Waals surface area contributed by atoms with Crippen LogP contribution in [0.15, 0.2) is 23.5 Å². The average molecular weight is 237 g/mol. The summed E-state index contributed by atoms with van der Waals surface area (Å²) in [5.41, 5.74) is 5.47. The predicted octanol–water partition coefficient (Wildman–Crippen LogP) is 1.08. The topological polar surface area (TPSA) is 87.6 Å². The molecular weight excluding hydrogens is 218 g/mol. The first-order valence-corrected chi connectivity index (χ1v) is 5.62. The highest BCUT2D eigenvalue weighted by Gasteiger charge is 2.10. The first kappa shape index (κ1) is 13.2. The number of hydrogen-bond donors (Lipinski definition) is 2. The van der Waals surface area contributed by atoms with Crippen LogP contribution in [-0.4, -0.2) is 34.3 Å². The Labute approximate surface area is 101 Å². The maximum atomic E-state index is 8.52. The van der Waals surface area contributed by atoms with Gasteiger partial charge in [0.15, 0.2) is 5.82 Å². The minimum atomic E-state index is 0.225. The summed E-state index contributed by atoms with van der Waals surface area (Å²) in [5.74, 6) is 1.54. The Kier molecular flexibility index (Phi) is 5.19. The number of nitrogens with zero attached hydrogens (tertiary/aromatic N) is 4. The normalized spacial score (nSPS) is 11.8. The smallest absolute Gasteiger partial charge is 0.151 e. The summed E-state index contributed by atoms with van der Waals surface area (Å²) in [6.45, 7) is 5.78. The van der Waals surface area contributed by atoms with Gasteiger partial charge in [-0.3, -0.25) is 0 Å². The Balaban J connectivity index is 2.67. The quantitative estimate of drug-likeness (QED) is 0.334. The van der Waals surface area contributed by atoms with E-state index in [4.69, 9.17) is 10.9 Å². The maximum Gasteiger partial charge on any atom is 0.151 e. The van der Waals surface area contributed by atoms with Crippen LogP contribution >= 0.6 is 0 Å². The molecule has 6 heteroatoms. The molecule has 0 fully saturated rings. The van der Waals surface area contributed by atoms with Crippen molar-refractivity contribution in [3.05, 3.63) is 18.3 Å². The molecule has 94 valence electrons. The van der Waals surface area contributed by atoms with Gasteiger partial charge in [0, 0.05) is 25.7 Å². The standard InChI is InChI=1S/C11H19N5O/c1-9(2)8-16(7-5-10(12)15-17)11-4-3-6-13-14-11/h3-4,6,9,17H,5,7-8H2,1-2H3,(H2,12,15). The third kappa shape index (κ3) is 4.67. The molecular formula is C11H19N5O. The minimum Gasteiger partial charge on any atom is -0.409 e. The predicted molar refractivity (Wildman–Crippen MR) is 67.1 cm³/mol. The highest BCUT2D eigenvalue weighted by atomic mass is 16.4. The van der Waals surface area contributed by atoms with Crippen molar-refractivity contribution in [1.29, 1.82) is 0 Å². The fourth-order valence-electron chi connectivity index (χ4n) is 1.50. The highest BCUT2D eigenvalue weighted by Crippen LogP contribution is 2.11. The maximum absolute atomic E-state index is 8.52. The molecule has 1 rings (SSSR count). The first-order chi connectivity index (χ1) is 8.13. The van der Waals surface area contributed by atoms with Crippen LogP contribution in [0.5, 0.6) is 0 Å². The van der Waals surface area contributed by atoms with Gasteiger partial charge in [-0.1, -0.05) is 19.0 Å². The van der Waals surface area contributed by atoms with Gasteiger partial charge in [0.2, 0.25) is 0 Å². The molecule has 1 heterocycles. The van der Waals surface area contributed by atoms with Crippen LogP contribution in [0.1, 0.15) is 20.3 Å². The fraction of sp³-hybridized carbons (Fsp3) is 0.545. The number of aromatic nitrogens is 2. The van der Waals surface area contributed by atoms with Crippen LogP contribution in [0.25, 0.3) is 0 Å². The van der Waals surface area contributed by atoms with E-state index in [1.54, 1.807) is 6.20 Å². The summed E-state index contributed by atoms with van der Waals surface area (Å²) >= 11 is 0. The number of amidine groups is 1. The Morgan fingerprint density at radius 2 is 2.35 bits per heavy atom. The molecule has 6 nitrogen and oxygen atoms in total. The molecule has 0 unspecified atom stereocenters. The summed E-state index contributed by atoms with van der Waals surface area (Å²) in [7, 11) is 0. The van der Waals surface area contributed by atoms with Crippen molar-refractivity contribution in [2.45, 2.75) is 20.3 Å². The molecule has 0 saturated carbocycles. The van der Waals surface area contributed by atoms with Crippen LogP contribution in [0.2, 0.25) is 0 Å². The van der Waals surface area contributed by atoms with Gasteiger partial charge >= 0.3 is 0 Å². The van der Waals surface area contributed by atoms with Crippen LogP contribution in [0.3, 0.4) is 0 Å². The molecule has 0 radical (unpaired) electrons. The minimum absolute atomic E-state index is 0.225. The number of hydrogen-bond acceptors (Lipinski definition) is 5.